The summed E-state index contributed by atoms with van der Waals surface area (Å²) in [7, 11) is 0. The maximum atomic E-state index is 13.2. The fraction of sp³-hybridized carbons (Fsp3) is 0.429. The number of carboxylic acid groups (broad SMARTS) is 1. The molecule has 0 saturated carbocycles. The number of nitriles is 1. The van der Waals surface area contributed by atoms with Gasteiger partial charge in [-0.3, -0.25) is 9.69 Å². The molecule has 0 aliphatic carbocycles. The highest BCUT2D eigenvalue weighted by Crippen LogP contribution is 2.26. The lowest BCUT2D eigenvalue weighted by molar-refractivity contribution is -0.142. The van der Waals surface area contributed by atoms with E-state index >= 15 is 0 Å². The molecule has 100 valence electrons. The van der Waals surface area contributed by atoms with Gasteiger partial charge in [0, 0.05) is 12.6 Å². The Morgan fingerprint density at radius 1 is 1.63 bits per heavy atom. The molecule has 1 aromatic rings. The number of rotatable bonds is 3. The minimum absolute atomic E-state index is 0.104. The monoisotopic (exact) mass is 262 g/mol. The van der Waals surface area contributed by atoms with Crippen LogP contribution < -0.4 is 0 Å². The third-order valence-electron chi connectivity index (χ3n) is 3.76. The number of nitrogens with zero attached hydrogens (tertiary/aromatic N) is 2. The third kappa shape index (κ3) is 2.74. The van der Waals surface area contributed by atoms with Crippen LogP contribution in [0.4, 0.5) is 4.39 Å². The zero-order chi connectivity index (χ0) is 14.0. The number of carboxylic acids is 1. The van der Waals surface area contributed by atoms with Gasteiger partial charge in [-0.25, -0.2) is 4.39 Å². The summed E-state index contributed by atoms with van der Waals surface area (Å²) in [4.78, 5) is 13.0. The molecule has 0 aromatic heterocycles. The van der Waals surface area contributed by atoms with Gasteiger partial charge in [-0.2, -0.15) is 5.26 Å². The Balaban J connectivity index is 2.17. The van der Waals surface area contributed by atoms with Crippen molar-refractivity contribution in [2.45, 2.75) is 25.9 Å². The molecule has 1 heterocycles. The molecule has 1 aliphatic rings. The molecule has 5 heteroatoms. The van der Waals surface area contributed by atoms with Crippen molar-refractivity contribution >= 4 is 5.97 Å². The van der Waals surface area contributed by atoms with Crippen molar-refractivity contribution in [2.24, 2.45) is 5.92 Å². The van der Waals surface area contributed by atoms with Gasteiger partial charge in [-0.1, -0.05) is 0 Å². The lowest BCUT2D eigenvalue weighted by atomic mass is 10.0. The summed E-state index contributed by atoms with van der Waals surface area (Å²) in [5, 5.41) is 18.1. The van der Waals surface area contributed by atoms with Gasteiger partial charge in [0.05, 0.1) is 17.6 Å². The molecule has 0 bridgehead atoms. The zero-order valence-electron chi connectivity index (χ0n) is 10.6. The van der Waals surface area contributed by atoms with E-state index in [0.29, 0.717) is 30.6 Å². The molecular formula is C14H15FN2O2. The molecular weight excluding hydrogens is 247 g/mol. The van der Waals surface area contributed by atoms with E-state index in [1.165, 1.54) is 18.2 Å². The average Bonchev–Trinajstić information content (AvgIpc) is 2.71. The molecule has 4 nitrogen and oxygen atoms in total. The average molecular weight is 262 g/mol. The Hall–Kier alpha value is -1.93. The van der Waals surface area contributed by atoms with Crippen LogP contribution in [0.3, 0.4) is 0 Å². The van der Waals surface area contributed by atoms with E-state index in [1.54, 1.807) is 0 Å². The summed E-state index contributed by atoms with van der Waals surface area (Å²) in [6.07, 6.45) is 0.591. The second-order valence-electron chi connectivity index (χ2n) is 4.86. The number of benzene rings is 1. The number of aliphatic carboxylic acids is 1. The number of hydrogen-bond acceptors (Lipinski definition) is 3. The van der Waals surface area contributed by atoms with Crippen molar-refractivity contribution in [3.05, 3.63) is 35.1 Å². The van der Waals surface area contributed by atoms with Crippen LogP contribution in [0.1, 0.15) is 24.5 Å². The highest BCUT2D eigenvalue weighted by molar-refractivity contribution is 5.71. The van der Waals surface area contributed by atoms with Crippen molar-refractivity contribution in [3.63, 3.8) is 0 Å². The van der Waals surface area contributed by atoms with Gasteiger partial charge in [0.15, 0.2) is 0 Å². The highest BCUT2D eigenvalue weighted by Gasteiger charge is 2.35. The topological polar surface area (TPSA) is 64.3 Å². The second-order valence-corrected chi connectivity index (χ2v) is 4.86. The summed E-state index contributed by atoms with van der Waals surface area (Å²) in [5.41, 5.74) is 1.05. The van der Waals surface area contributed by atoms with Gasteiger partial charge in [0.2, 0.25) is 0 Å². The van der Waals surface area contributed by atoms with E-state index < -0.39 is 5.97 Å². The highest BCUT2D eigenvalue weighted by atomic mass is 19.1. The molecule has 1 aliphatic heterocycles. The van der Waals surface area contributed by atoms with E-state index in [-0.39, 0.29) is 17.8 Å². The van der Waals surface area contributed by atoms with Gasteiger partial charge >= 0.3 is 5.97 Å². The number of hydrogen-bond donors (Lipinski definition) is 1. The van der Waals surface area contributed by atoms with Gasteiger partial charge in [0.1, 0.15) is 5.82 Å². The van der Waals surface area contributed by atoms with Gasteiger partial charge < -0.3 is 5.11 Å². The number of likely N-dealkylation sites (tertiary alicyclic amines) is 1. The Kier molecular flexibility index (Phi) is 3.82. The molecule has 0 spiro atoms. The first kappa shape index (κ1) is 13.5. The van der Waals surface area contributed by atoms with Crippen LogP contribution in [0.2, 0.25) is 0 Å². The Morgan fingerprint density at radius 2 is 2.37 bits per heavy atom. The molecule has 1 fully saturated rings. The largest absolute Gasteiger partial charge is 0.481 e. The second kappa shape index (κ2) is 5.37. The Bertz CT molecular complexity index is 539. The molecule has 2 unspecified atom stereocenters. The summed E-state index contributed by atoms with van der Waals surface area (Å²) >= 11 is 0. The zero-order valence-corrected chi connectivity index (χ0v) is 10.6. The predicted molar refractivity (Wildman–Crippen MR) is 66.7 cm³/mol. The quantitative estimate of drug-likeness (QED) is 0.904. The van der Waals surface area contributed by atoms with E-state index in [9.17, 15) is 9.18 Å². The summed E-state index contributed by atoms with van der Waals surface area (Å²) in [6.45, 7) is 2.92. The van der Waals surface area contributed by atoms with E-state index in [2.05, 4.69) is 0 Å². The molecule has 2 atom stereocenters. The first-order valence-electron chi connectivity index (χ1n) is 6.18. The Morgan fingerprint density at radius 3 is 2.95 bits per heavy atom. The van der Waals surface area contributed by atoms with E-state index in [4.69, 9.17) is 10.4 Å². The molecule has 1 N–H and O–H groups in total. The Labute approximate surface area is 111 Å². The van der Waals surface area contributed by atoms with Crippen LogP contribution in [-0.4, -0.2) is 28.6 Å². The van der Waals surface area contributed by atoms with Crippen LogP contribution in [-0.2, 0) is 11.3 Å². The van der Waals surface area contributed by atoms with Crippen molar-refractivity contribution in [2.75, 3.05) is 6.54 Å². The number of carbonyl (C=O) groups is 1. The van der Waals surface area contributed by atoms with Crippen LogP contribution in [0.5, 0.6) is 0 Å². The van der Waals surface area contributed by atoms with Crippen molar-refractivity contribution in [1.82, 2.24) is 4.90 Å². The molecule has 1 aromatic carbocycles. The lowest BCUT2D eigenvalue weighted by Gasteiger charge is -2.23. The third-order valence-corrected chi connectivity index (χ3v) is 3.76. The maximum absolute atomic E-state index is 13.2. The summed E-state index contributed by atoms with van der Waals surface area (Å²) < 4.78 is 13.2. The number of halogens is 1. The van der Waals surface area contributed by atoms with Crippen molar-refractivity contribution in [1.29, 1.82) is 5.26 Å². The van der Waals surface area contributed by atoms with Crippen molar-refractivity contribution < 1.29 is 14.3 Å². The normalized spacial score (nSPS) is 23.2. The summed E-state index contributed by atoms with van der Waals surface area (Å²) in [5.74, 6) is -1.57. The van der Waals surface area contributed by atoms with Gasteiger partial charge in [-0.05, 0) is 43.7 Å². The fourth-order valence-electron chi connectivity index (χ4n) is 2.58. The van der Waals surface area contributed by atoms with Crippen LogP contribution >= 0.6 is 0 Å². The maximum Gasteiger partial charge on any atom is 0.308 e. The van der Waals surface area contributed by atoms with E-state index in [1.807, 2.05) is 17.9 Å². The minimum atomic E-state index is -0.797. The van der Waals surface area contributed by atoms with Crippen LogP contribution in [0, 0.1) is 23.1 Å². The van der Waals surface area contributed by atoms with Crippen LogP contribution in [0.15, 0.2) is 18.2 Å². The molecule has 19 heavy (non-hydrogen) atoms. The van der Waals surface area contributed by atoms with E-state index in [0.717, 1.165) is 0 Å². The van der Waals surface area contributed by atoms with Crippen molar-refractivity contribution in [3.8, 4) is 6.07 Å². The first-order chi connectivity index (χ1) is 9.02. The fourth-order valence-corrected chi connectivity index (χ4v) is 2.58. The molecule has 0 amide bonds. The summed E-state index contributed by atoms with van der Waals surface area (Å²) in [6, 6.07) is 6.00. The van der Waals surface area contributed by atoms with Gasteiger partial charge in [-0.15, -0.1) is 0 Å². The molecule has 1 saturated heterocycles. The SMILES string of the molecule is CC1C(C(=O)O)CCN1Cc1cc(F)ccc1C#N. The predicted octanol–water partition coefficient (Wildman–Crippen LogP) is 1.99. The smallest absolute Gasteiger partial charge is 0.308 e. The molecule has 0 radical (unpaired) electrons. The molecule has 2 rings (SSSR count). The first-order valence-corrected chi connectivity index (χ1v) is 6.18. The minimum Gasteiger partial charge on any atom is -0.481 e. The lowest BCUT2D eigenvalue weighted by Crippen LogP contribution is -2.32. The van der Waals surface area contributed by atoms with Crippen LogP contribution in [0.25, 0.3) is 0 Å². The van der Waals surface area contributed by atoms with Gasteiger partial charge in [0.25, 0.3) is 0 Å². The standard InChI is InChI=1S/C14H15FN2O2/c1-9-13(14(18)19)4-5-17(9)8-11-6-12(15)3-2-10(11)7-16/h2-3,6,9,13H,4-5,8H2,1H3,(H,18,19).